The first kappa shape index (κ1) is 20.8. The Kier molecular flexibility index (Phi) is 6.81. The third kappa shape index (κ3) is 4.39. The predicted molar refractivity (Wildman–Crippen MR) is 117 cm³/mol. The SMILES string of the molecule is CCCN(C(=O)Cc1ccccc1)C(CC)c1nc2ccccc2c(=O)n1CC. The van der Waals surface area contributed by atoms with Gasteiger partial charge in [0, 0.05) is 13.1 Å². The van der Waals surface area contributed by atoms with Gasteiger partial charge in [-0.3, -0.25) is 14.2 Å². The molecule has 1 atom stereocenters. The van der Waals surface area contributed by atoms with Crippen LogP contribution in [0.1, 0.15) is 51.0 Å². The zero-order valence-corrected chi connectivity index (χ0v) is 17.5. The lowest BCUT2D eigenvalue weighted by Crippen LogP contribution is -2.40. The molecule has 0 aliphatic carbocycles. The van der Waals surface area contributed by atoms with Crippen molar-refractivity contribution in [2.45, 2.75) is 52.6 Å². The fourth-order valence-electron chi connectivity index (χ4n) is 3.85. The van der Waals surface area contributed by atoms with Crippen molar-refractivity contribution in [2.24, 2.45) is 0 Å². The van der Waals surface area contributed by atoms with E-state index in [1.54, 1.807) is 4.57 Å². The van der Waals surface area contributed by atoms with Crippen LogP contribution in [0.3, 0.4) is 0 Å². The highest BCUT2D eigenvalue weighted by atomic mass is 16.2. The molecule has 0 radical (unpaired) electrons. The number of amides is 1. The van der Waals surface area contributed by atoms with Crippen LogP contribution < -0.4 is 5.56 Å². The average molecular weight is 392 g/mol. The van der Waals surface area contributed by atoms with Crippen molar-refractivity contribution in [3.05, 3.63) is 76.3 Å². The van der Waals surface area contributed by atoms with Gasteiger partial charge in [-0.1, -0.05) is 56.3 Å². The van der Waals surface area contributed by atoms with Crippen molar-refractivity contribution < 1.29 is 4.79 Å². The van der Waals surface area contributed by atoms with Crippen molar-refractivity contribution in [1.82, 2.24) is 14.5 Å². The van der Waals surface area contributed by atoms with Crippen LogP contribution in [0.2, 0.25) is 0 Å². The molecule has 5 nitrogen and oxygen atoms in total. The summed E-state index contributed by atoms with van der Waals surface area (Å²) in [6.07, 6.45) is 1.90. The zero-order chi connectivity index (χ0) is 20.8. The zero-order valence-electron chi connectivity index (χ0n) is 17.5. The van der Waals surface area contributed by atoms with Gasteiger partial charge in [-0.25, -0.2) is 4.98 Å². The Bertz CT molecular complexity index is 1030. The monoisotopic (exact) mass is 391 g/mol. The predicted octanol–water partition coefficient (Wildman–Crippen LogP) is 4.35. The van der Waals surface area contributed by atoms with Gasteiger partial charge in [-0.15, -0.1) is 0 Å². The molecule has 0 N–H and O–H groups in total. The normalized spacial score (nSPS) is 12.1. The lowest BCUT2D eigenvalue weighted by molar-refractivity contribution is -0.133. The van der Waals surface area contributed by atoms with E-state index in [1.165, 1.54) is 0 Å². The first-order valence-electron chi connectivity index (χ1n) is 10.4. The van der Waals surface area contributed by atoms with Gasteiger partial charge in [0.25, 0.3) is 5.56 Å². The lowest BCUT2D eigenvalue weighted by Gasteiger charge is -2.32. The second-order valence-corrected chi connectivity index (χ2v) is 7.21. The molecule has 0 spiro atoms. The highest BCUT2D eigenvalue weighted by Gasteiger charge is 2.27. The second kappa shape index (κ2) is 9.50. The first-order valence-corrected chi connectivity index (χ1v) is 10.4. The van der Waals surface area contributed by atoms with E-state index in [-0.39, 0.29) is 17.5 Å². The minimum atomic E-state index is -0.233. The molecule has 1 aromatic heterocycles. The van der Waals surface area contributed by atoms with Crippen molar-refractivity contribution in [3.8, 4) is 0 Å². The number of rotatable bonds is 8. The molecule has 3 rings (SSSR count). The summed E-state index contributed by atoms with van der Waals surface area (Å²) >= 11 is 0. The summed E-state index contributed by atoms with van der Waals surface area (Å²) in [7, 11) is 0. The Morgan fingerprint density at radius 2 is 1.72 bits per heavy atom. The maximum Gasteiger partial charge on any atom is 0.261 e. The molecule has 0 aliphatic heterocycles. The fraction of sp³-hybridized carbons (Fsp3) is 0.375. The topological polar surface area (TPSA) is 55.2 Å². The fourth-order valence-corrected chi connectivity index (χ4v) is 3.85. The van der Waals surface area contributed by atoms with Crippen LogP contribution in [0.4, 0.5) is 0 Å². The molecule has 1 unspecified atom stereocenters. The van der Waals surface area contributed by atoms with Crippen LogP contribution in [0, 0.1) is 0 Å². The van der Waals surface area contributed by atoms with E-state index in [4.69, 9.17) is 4.98 Å². The van der Waals surface area contributed by atoms with Gasteiger partial charge in [0.05, 0.1) is 23.4 Å². The molecule has 152 valence electrons. The molecule has 3 aromatic rings. The minimum Gasteiger partial charge on any atom is -0.332 e. The first-order chi connectivity index (χ1) is 14.1. The minimum absolute atomic E-state index is 0.0430. The number of nitrogens with zero attached hydrogens (tertiary/aromatic N) is 3. The second-order valence-electron chi connectivity index (χ2n) is 7.21. The number of hydrogen-bond acceptors (Lipinski definition) is 3. The van der Waals surface area contributed by atoms with Crippen LogP contribution in [-0.2, 0) is 17.8 Å². The number of hydrogen-bond donors (Lipinski definition) is 0. The Labute approximate surface area is 172 Å². The highest BCUT2D eigenvalue weighted by Crippen LogP contribution is 2.25. The molecular formula is C24H29N3O2. The number of benzene rings is 2. The third-order valence-electron chi connectivity index (χ3n) is 5.25. The van der Waals surface area contributed by atoms with E-state index in [1.807, 2.05) is 73.3 Å². The smallest absolute Gasteiger partial charge is 0.261 e. The summed E-state index contributed by atoms with van der Waals surface area (Å²) in [5.74, 6) is 0.739. The average Bonchev–Trinajstić information content (AvgIpc) is 2.74. The van der Waals surface area contributed by atoms with Crippen LogP contribution in [-0.4, -0.2) is 26.9 Å². The van der Waals surface area contributed by atoms with Crippen LogP contribution in [0.15, 0.2) is 59.4 Å². The molecule has 1 heterocycles. The Balaban J connectivity index is 2.05. The molecule has 0 fully saturated rings. The molecule has 0 saturated heterocycles. The van der Waals surface area contributed by atoms with Crippen molar-refractivity contribution in [1.29, 1.82) is 0 Å². The standard InChI is InChI=1S/C24H29N3O2/c1-4-16-27(22(28)17-18-12-8-7-9-13-18)21(5-2)23-25-20-15-11-10-14-19(20)24(29)26(23)6-3/h7-15,21H,4-6,16-17H2,1-3H3. The molecule has 5 heteroatoms. The van der Waals surface area contributed by atoms with E-state index in [0.717, 1.165) is 12.0 Å². The largest absolute Gasteiger partial charge is 0.332 e. The number of carbonyl (C=O) groups is 1. The summed E-state index contributed by atoms with van der Waals surface area (Å²) in [6, 6.07) is 17.0. The summed E-state index contributed by atoms with van der Waals surface area (Å²) in [5, 5.41) is 0.616. The van der Waals surface area contributed by atoms with Crippen molar-refractivity contribution in [2.75, 3.05) is 6.54 Å². The molecule has 0 bridgehead atoms. The molecule has 29 heavy (non-hydrogen) atoms. The summed E-state index contributed by atoms with van der Waals surface area (Å²) in [5.41, 5.74) is 1.63. The third-order valence-corrected chi connectivity index (χ3v) is 5.25. The number of aromatic nitrogens is 2. The lowest BCUT2D eigenvalue weighted by atomic mass is 10.1. The van der Waals surface area contributed by atoms with Crippen LogP contribution in [0.5, 0.6) is 0 Å². The number of fused-ring (bicyclic) bond motifs is 1. The van der Waals surface area contributed by atoms with Gasteiger partial charge in [0.1, 0.15) is 5.82 Å². The Morgan fingerprint density at radius 1 is 1.03 bits per heavy atom. The van der Waals surface area contributed by atoms with Gasteiger partial charge < -0.3 is 4.90 Å². The van der Waals surface area contributed by atoms with Crippen molar-refractivity contribution in [3.63, 3.8) is 0 Å². The molecule has 1 amide bonds. The van der Waals surface area contributed by atoms with Gasteiger partial charge >= 0.3 is 0 Å². The number of para-hydroxylation sites is 1. The van der Waals surface area contributed by atoms with Crippen LogP contribution >= 0.6 is 0 Å². The Hall–Kier alpha value is -2.95. The van der Waals surface area contributed by atoms with E-state index >= 15 is 0 Å². The summed E-state index contributed by atoms with van der Waals surface area (Å²) < 4.78 is 1.72. The van der Waals surface area contributed by atoms with Gasteiger partial charge in [-0.05, 0) is 37.5 Å². The maximum absolute atomic E-state index is 13.2. The number of carbonyl (C=O) groups excluding carboxylic acids is 1. The Morgan fingerprint density at radius 3 is 2.38 bits per heavy atom. The summed E-state index contributed by atoms with van der Waals surface area (Å²) in [6.45, 7) is 7.22. The molecule has 0 aliphatic rings. The van der Waals surface area contributed by atoms with E-state index in [0.29, 0.717) is 42.7 Å². The maximum atomic E-state index is 13.2. The van der Waals surface area contributed by atoms with Crippen LogP contribution in [0.25, 0.3) is 10.9 Å². The van der Waals surface area contributed by atoms with Gasteiger partial charge in [0.2, 0.25) is 5.91 Å². The quantitative estimate of drug-likeness (QED) is 0.574. The molecule has 2 aromatic carbocycles. The van der Waals surface area contributed by atoms with Gasteiger partial charge in [0.15, 0.2) is 0 Å². The molecular weight excluding hydrogens is 362 g/mol. The highest BCUT2D eigenvalue weighted by molar-refractivity contribution is 5.80. The molecule has 0 saturated carbocycles. The van der Waals surface area contributed by atoms with Crippen molar-refractivity contribution >= 4 is 16.8 Å². The summed E-state index contributed by atoms with van der Waals surface area (Å²) in [4.78, 5) is 33.0. The van der Waals surface area contributed by atoms with E-state index in [9.17, 15) is 9.59 Å². The van der Waals surface area contributed by atoms with E-state index in [2.05, 4.69) is 6.92 Å². The van der Waals surface area contributed by atoms with E-state index < -0.39 is 0 Å². The van der Waals surface area contributed by atoms with Gasteiger partial charge in [-0.2, -0.15) is 0 Å².